The van der Waals surface area contributed by atoms with Crippen LogP contribution in [0.2, 0.25) is 0 Å². The Kier molecular flexibility index (Phi) is 35.1. The van der Waals surface area contributed by atoms with Crippen molar-refractivity contribution in [3.05, 3.63) is 36.5 Å². The zero-order chi connectivity index (χ0) is 39.3. The number of aliphatic hydroxyl groups is 1. The summed E-state index contributed by atoms with van der Waals surface area (Å²) < 4.78 is 26.7. The van der Waals surface area contributed by atoms with Crippen LogP contribution >= 0.6 is 7.82 Å². The van der Waals surface area contributed by atoms with E-state index in [2.05, 4.69) is 55.6 Å². The molecule has 0 radical (unpaired) electrons. The van der Waals surface area contributed by atoms with Crippen LogP contribution in [-0.2, 0) is 32.7 Å². The molecular weight excluding hydrogens is 697 g/mol. The van der Waals surface area contributed by atoms with Gasteiger partial charge in [0, 0.05) is 12.8 Å². The van der Waals surface area contributed by atoms with Gasteiger partial charge in [0.15, 0.2) is 6.04 Å². The number of aliphatic hydroxyl groups excluding tert-OH is 1. The van der Waals surface area contributed by atoms with E-state index in [1.165, 1.54) is 51.4 Å². The van der Waals surface area contributed by atoms with Crippen LogP contribution in [0.4, 0.5) is 0 Å². The van der Waals surface area contributed by atoms with Crippen molar-refractivity contribution in [3.8, 4) is 0 Å². The van der Waals surface area contributed by atoms with E-state index in [1.54, 1.807) is 0 Å². The van der Waals surface area contributed by atoms with E-state index in [0.29, 0.717) is 12.8 Å². The summed E-state index contributed by atoms with van der Waals surface area (Å²) in [5, 5.41) is 21.8. The molecule has 3 atom stereocenters. The number of nitrogens with one attached hydrogen (secondary N) is 1. The number of hydrogen-bond acceptors (Lipinski definition) is 8. The maximum absolute atomic E-state index is 12.3. The summed E-state index contributed by atoms with van der Waals surface area (Å²) in [5.41, 5.74) is 0. The van der Waals surface area contributed by atoms with Gasteiger partial charge in [-0.3, -0.25) is 18.6 Å². The van der Waals surface area contributed by atoms with E-state index in [4.69, 9.17) is 13.8 Å². The number of carbonyl (C=O) groups excluding carboxylic acids is 2. The molecule has 0 aliphatic carbocycles. The number of phosphoric acid groups is 1. The normalized spacial score (nSPS) is 14.2. The van der Waals surface area contributed by atoms with E-state index in [0.717, 1.165) is 83.5 Å². The Hall–Kier alpha value is -2.30. The van der Waals surface area contributed by atoms with Crippen molar-refractivity contribution >= 4 is 25.7 Å². The first-order chi connectivity index (χ1) is 25.6. The minimum Gasteiger partial charge on any atom is -0.480 e. The lowest BCUT2D eigenvalue weighted by Crippen LogP contribution is -2.43. The molecule has 3 unspecified atom stereocenters. The van der Waals surface area contributed by atoms with Crippen molar-refractivity contribution in [1.29, 1.82) is 0 Å². The molecule has 0 aliphatic rings. The Morgan fingerprint density at radius 3 is 1.62 bits per heavy atom. The monoisotopic (exact) mass is 772 g/mol. The molecule has 12 heteroatoms. The van der Waals surface area contributed by atoms with E-state index < -0.39 is 57.6 Å². The smallest absolute Gasteiger partial charge is 0.472 e. The van der Waals surface area contributed by atoms with Gasteiger partial charge in [0.05, 0.1) is 13.2 Å². The minimum atomic E-state index is -4.75. The summed E-state index contributed by atoms with van der Waals surface area (Å²) in [7, 11) is -4.75. The second-order valence-electron chi connectivity index (χ2n) is 13.8. The SMILES string of the molecule is CCC/C=C\CCCCCCCC(=O)OCC(O)COP(=O)(O)OCC(NC(=O)CCCCCCCCCCC/C=C\C/C=C\CCCCC)C(=O)O. The minimum absolute atomic E-state index is 0.140. The highest BCUT2D eigenvalue weighted by atomic mass is 31.2. The number of carboxylic acids is 1. The van der Waals surface area contributed by atoms with Crippen molar-refractivity contribution in [2.45, 2.75) is 187 Å². The molecule has 0 aliphatic heterocycles. The second kappa shape index (κ2) is 36.7. The fourth-order valence-electron chi connectivity index (χ4n) is 5.41. The molecule has 0 saturated carbocycles. The molecule has 308 valence electrons. The number of phosphoric ester groups is 1. The third-order valence-corrected chi connectivity index (χ3v) is 9.58. The summed E-state index contributed by atoms with van der Waals surface area (Å²) in [5.74, 6) is -2.39. The number of aliphatic carboxylic acids is 1. The van der Waals surface area contributed by atoms with Crippen LogP contribution in [0.15, 0.2) is 36.5 Å². The van der Waals surface area contributed by atoms with Crippen LogP contribution in [0.5, 0.6) is 0 Å². The molecule has 11 nitrogen and oxygen atoms in total. The van der Waals surface area contributed by atoms with Gasteiger partial charge in [0.2, 0.25) is 5.91 Å². The second-order valence-corrected chi connectivity index (χ2v) is 15.3. The van der Waals surface area contributed by atoms with Gasteiger partial charge in [0.1, 0.15) is 12.7 Å². The topological polar surface area (TPSA) is 169 Å². The first kappa shape index (κ1) is 50.7. The largest absolute Gasteiger partial charge is 0.480 e. The van der Waals surface area contributed by atoms with Gasteiger partial charge in [-0.2, -0.15) is 0 Å². The number of hydrogen-bond donors (Lipinski definition) is 4. The third-order valence-electron chi connectivity index (χ3n) is 8.63. The van der Waals surface area contributed by atoms with E-state index in [1.807, 2.05) is 0 Å². The Labute approximate surface area is 321 Å². The fraction of sp³-hybridized carbons (Fsp3) is 0.780. The average molecular weight is 772 g/mol. The summed E-state index contributed by atoms with van der Waals surface area (Å²) >= 11 is 0. The number of unbranched alkanes of at least 4 members (excludes halogenated alkanes) is 18. The molecule has 0 saturated heterocycles. The van der Waals surface area contributed by atoms with Crippen LogP contribution < -0.4 is 5.32 Å². The lowest BCUT2D eigenvalue weighted by atomic mass is 10.1. The van der Waals surface area contributed by atoms with Crippen LogP contribution in [0.1, 0.15) is 174 Å². The van der Waals surface area contributed by atoms with E-state index in [9.17, 15) is 34.1 Å². The van der Waals surface area contributed by atoms with Crippen LogP contribution in [0, 0.1) is 0 Å². The lowest BCUT2D eigenvalue weighted by molar-refractivity contribution is -0.147. The third kappa shape index (κ3) is 36.4. The summed E-state index contributed by atoms with van der Waals surface area (Å²) in [6.07, 6.45) is 37.5. The van der Waals surface area contributed by atoms with Gasteiger partial charge in [-0.25, -0.2) is 9.36 Å². The number of esters is 1. The van der Waals surface area contributed by atoms with Gasteiger partial charge < -0.3 is 25.2 Å². The number of rotatable bonds is 38. The van der Waals surface area contributed by atoms with Crippen LogP contribution in [-0.4, -0.2) is 64.9 Å². The lowest BCUT2D eigenvalue weighted by Gasteiger charge is -2.18. The highest BCUT2D eigenvalue weighted by molar-refractivity contribution is 7.47. The number of amides is 1. The van der Waals surface area contributed by atoms with Crippen molar-refractivity contribution < 1.29 is 47.8 Å². The molecular formula is C41H74NO10P. The van der Waals surface area contributed by atoms with Gasteiger partial charge in [-0.05, 0) is 64.2 Å². The first-order valence-corrected chi connectivity index (χ1v) is 22.0. The maximum atomic E-state index is 12.3. The molecule has 0 aromatic heterocycles. The Balaban J connectivity index is 3.93. The predicted octanol–water partition coefficient (Wildman–Crippen LogP) is 10.1. The zero-order valence-corrected chi connectivity index (χ0v) is 34.0. The average Bonchev–Trinajstić information content (AvgIpc) is 3.13. The van der Waals surface area contributed by atoms with E-state index in [-0.39, 0.29) is 12.8 Å². The highest BCUT2D eigenvalue weighted by Crippen LogP contribution is 2.43. The molecule has 0 aromatic carbocycles. The zero-order valence-electron chi connectivity index (χ0n) is 33.1. The number of ether oxygens (including phenoxy) is 1. The van der Waals surface area contributed by atoms with Crippen molar-refractivity contribution in [1.82, 2.24) is 5.32 Å². The highest BCUT2D eigenvalue weighted by Gasteiger charge is 2.28. The number of allylic oxidation sites excluding steroid dienone is 6. The summed E-state index contributed by atoms with van der Waals surface area (Å²) in [6, 6.07) is -1.55. The molecule has 0 bridgehead atoms. The molecule has 0 fully saturated rings. The summed E-state index contributed by atoms with van der Waals surface area (Å²) in [4.78, 5) is 45.7. The van der Waals surface area contributed by atoms with Gasteiger partial charge in [-0.1, -0.05) is 134 Å². The summed E-state index contributed by atoms with van der Waals surface area (Å²) in [6.45, 7) is 2.48. The van der Waals surface area contributed by atoms with Gasteiger partial charge in [0.25, 0.3) is 0 Å². The Bertz CT molecular complexity index is 1050. The fourth-order valence-corrected chi connectivity index (χ4v) is 6.18. The van der Waals surface area contributed by atoms with Crippen molar-refractivity contribution in [2.75, 3.05) is 19.8 Å². The molecule has 0 rings (SSSR count). The Morgan fingerprint density at radius 1 is 0.604 bits per heavy atom. The van der Waals surface area contributed by atoms with E-state index >= 15 is 0 Å². The molecule has 0 heterocycles. The molecule has 53 heavy (non-hydrogen) atoms. The number of carbonyl (C=O) groups is 3. The standard InChI is InChI=1S/C41H74NO10P/c1-3-5-7-9-11-13-15-16-17-18-19-20-21-22-23-24-26-28-30-32-39(44)42-38(41(46)47)36-52-53(48,49)51-35-37(43)34-50-40(45)33-31-29-27-25-14-12-10-8-6-4-2/h8,10-11,13,16-17,37-38,43H,3-7,9,12,14-15,18-36H2,1-2H3,(H,42,44)(H,46,47)(H,48,49)/b10-8-,13-11-,17-16-. The predicted molar refractivity (Wildman–Crippen MR) is 212 cm³/mol. The van der Waals surface area contributed by atoms with Crippen LogP contribution in [0.3, 0.4) is 0 Å². The quantitative estimate of drug-likeness (QED) is 0.0205. The number of carboxylic acid groups (broad SMARTS) is 1. The molecule has 1 amide bonds. The van der Waals surface area contributed by atoms with Gasteiger partial charge in [-0.15, -0.1) is 0 Å². The first-order valence-electron chi connectivity index (χ1n) is 20.5. The van der Waals surface area contributed by atoms with Gasteiger partial charge >= 0.3 is 19.8 Å². The maximum Gasteiger partial charge on any atom is 0.472 e. The molecule has 4 N–H and O–H groups in total. The van der Waals surface area contributed by atoms with Crippen molar-refractivity contribution in [3.63, 3.8) is 0 Å². The van der Waals surface area contributed by atoms with Crippen molar-refractivity contribution in [2.24, 2.45) is 0 Å². The molecule has 0 spiro atoms. The Morgan fingerprint density at radius 2 is 1.08 bits per heavy atom. The van der Waals surface area contributed by atoms with Crippen LogP contribution in [0.25, 0.3) is 0 Å². The molecule has 0 aromatic rings.